The highest BCUT2D eigenvalue weighted by molar-refractivity contribution is 7.98. The van der Waals surface area contributed by atoms with Crippen LogP contribution in [-0.4, -0.2) is 30.8 Å². The molecule has 0 spiro atoms. The quantitative estimate of drug-likeness (QED) is 0.761. The number of nitrogens with zero attached hydrogens (tertiary/aromatic N) is 1. The molecule has 8 heteroatoms. The fourth-order valence-electron chi connectivity index (χ4n) is 2.14. The van der Waals surface area contributed by atoms with E-state index in [1.807, 2.05) is 6.07 Å². The molecule has 134 valence electrons. The number of nitrogens with one attached hydrogen (secondary N) is 1. The highest BCUT2D eigenvalue weighted by atomic mass is 35.5. The molecule has 1 aromatic carbocycles. The number of anilines is 1. The Hall–Kier alpha value is -1.57. The largest absolute Gasteiger partial charge is 0.307 e. The second-order valence-corrected chi connectivity index (χ2v) is 9.14. The van der Waals surface area contributed by atoms with Gasteiger partial charge in [0.05, 0.1) is 16.2 Å². The smallest absolute Gasteiger partial charge is 0.258 e. The average molecular weight is 399 g/mol. The first-order valence-corrected chi connectivity index (χ1v) is 10.9. The van der Waals surface area contributed by atoms with Crippen molar-refractivity contribution in [3.05, 3.63) is 52.7 Å². The molecule has 2 rings (SSSR count). The fraction of sp³-hybridized carbons (Fsp3) is 0.294. The van der Waals surface area contributed by atoms with Crippen LogP contribution in [-0.2, 0) is 15.6 Å². The van der Waals surface area contributed by atoms with E-state index in [0.717, 1.165) is 17.1 Å². The molecular weight excluding hydrogens is 380 g/mol. The lowest BCUT2D eigenvalue weighted by atomic mass is 10.2. The van der Waals surface area contributed by atoms with Gasteiger partial charge in [0.15, 0.2) is 9.84 Å². The van der Waals surface area contributed by atoms with E-state index >= 15 is 0 Å². The number of aromatic nitrogens is 1. The molecule has 1 N–H and O–H groups in total. The van der Waals surface area contributed by atoms with E-state index in [9.17, 15) is 13.2 Å². The van der Waals surface area contributed by atoms with Crippen molar-refractivity contribution < 1.29 is 13.2 Å². The summed E-state index contributed by atoms with van der Waals surface area (Å²) in [5.41, 5.74) is 1.05. The predicted molar refractivity (Wildman–Crippen MR) is 103 cm³/mol. The minimum Gasteiger partial charge on any atom is -0.307 e. The number of sulfone groups is 1. The summed E-state index contributed by atoms with van der Waals surface area (Å²) in [5.74, 6) is 1.53. The van der Waals surface area contributed by atoms with Crippen molar-refractivity contribution in [1.29, 1.82) is 0 Å². The maximum atomic E-state index is 12.6. The number of hydrogen-bond donors (Lipinski definition) is 1. The first-order valence-electron chi connectivity index (χ1n) is 7.73. The van der Waals surface area contributed by atoms with E-state index < -0.39 is 15.7 Å². The number of thioether (sulfide) groups is 1. The first kappa shape index (κ1) is 19.8. The lowest BCUT2D eigenvalue weighted by Gasteiger charge is -2.11. The molecule has 0 unspecified atom stereocenters. The van der Waals surface area contributed by atoms with Gasteiger partial charge in [-0.05, 0) is 41.6 Å². The number of pyridine rings is 1. The van der Waals surface area contributed by atoms with Crippen LogP contribution in [0.5, 0.6) is 0 Å². The maximum absolute atomic E-state index is 12.6. The van der Waals surface area contributed by atoms with Crippen LogP contribution in [0.3, 0.4) is 0 Å². The Labute approximate surface area is 157 Å². The van der Waals surface area contributed by atoms with E-state index in [0.29, 0.717) is 10.8 Å². The Kier molecular flexibility index (Phi) is 6.87. The molecule has 1 amide bonds. The summed E-state index contributed by atoms with van der Waals surface area (Å²) in [6.07, 6.45) is 1.61. The van der Waals surface area contributed by atoms with Crippen molar-refractivity contribution in [2.75, 3.05) is 16.8 Å². The Balaban J connectivity index is 2.31. The minimum atomic E-state index is -3.55. The van der Waals surface area contributed by atoms with E-state index in [4.69, 9.17) is 11.6 Å². The molecule has 0 aliphatic rings. The van der Waals surface area contributed by atoms with Gasteiger partial charge in [-0.1, -0.05) is 25.4 Å². The van der Waals surface area contributed by atoms with Gasteiger partial charge in [0, 0.05) is 17.0 Å². The van der Waals surface area contributed by atoms with Crippen molar-refractivity contribution in [3.8, 4) is 0 Å². The molecule has 0 saturated heterocycles. The maximum Gasteiger partial charge on any atom is 0.258 e. The molecule has 25 heavy (non-hydrogen) atoms. The van der Waals surface area contributed by atoms with Crippen molar-refractivity contribution in [2.24, 2.45) is 0 Å². The van der Waals surface area contributed by atoms with Crippen molar-refractivity contribution in [3.63, 3.8) is 0 Å². The summed E-state index contributed by atoms with van der Waals surface area (Å²) in [5, 5.41) is 2.95. The molecule has 1 heterocycles. The zero-order chi connectivity index (χ0) is 18.4. The molecule has 0 atom stereocenters. The molecule has 1 aromatic heterocycles. The molecule has 2 aromatic rings. The van der Waals surface area contributed by atoms with Gasteiger partial charge in [-0.3, -0.25) is 4.79 Å². The van der Waals surface area contributed by atoms with Crippen molar-refractivity contribution >= 4 is 44.9 Å². The van der Waals surface area contributed by atoms with Gasteiger partial charge in [0.1, 0.15) is 5.82 Å². The Bertz CT molecular complexity index is 870. The topological polar surface area (TPSA) is 76.1 Å². The number of benzene rings is 1. The van der Waals surface area contributed by atoms with E-state index in [-0.39, 0.29) is 16.2 Å². The van der Waals surface area contributed by atoms with Gasteiger partial charge in [-0.15, -0.1) is 0 Å². The van der Waals surface area contributed by atoms with E-state index in [1.165, 1.54) is 25.1 Å². The Morgan fingerprint density at radius 1 is 1.24 bits per heavy atom. The average Bonchev–Trinajstić information content (AvgIpc) is 2.60. The van der Waals surface area contributed by atoms with E-state index in [1.54, 1.807) is 24.0 Å². The van der Waals surface area contributed by atoms with Crippen LogP contribution in [0.2, 0.25) is 5.02 Å². The predicted octanol–water partition coefficient (Wildman–Crippen LogP) is 4.03. The van der Waals surface area contributed by atoms with Gasteiger partial charge < -0.3 is 5.32 Å². The molecular formula is C17H19ClN2O3S2. The van der Waals surface area contributed by atoms with Gasteiger partial charge in [-0.2, -0.15) is 11.8 Å². The van der Waals surface area contributed by atoms with Crippen LogP contribution in [0.1, 0.15) is 29.8 Å². The molecule has 0 fully saturated rings. The lowest BCUT2D eigenvalue weighted by molar-refractivity contribution is 0.102. The number of halogens is 1. The summed E-state index contributed by atoms with van der Waals surface area (Å²) >= 11 is 7.71. The van der Waals surface area contributed by atoms with Crippen LogP contribution >= 0.6 is 23.4 Å². The normalized spacial score (nSPS) is 11.3. The number of hydrogen-bond acceptors (Lipinski definition) is 5. The molecule has 0 bridgehead atoms. The SMILES string of the molecule is CCSCc1ccnc(NC(=O)c2cc(Cl)ccc2S(=O)(=O)CC)c1. The van der Waals surface area contributed by atoms with Gasteiger partial charge in [0.2, 0.25) is 0 Å². The van der Waals surface area contributed by atoms with Crippen LogP contribution < -0.4 is 5.32 Å². The zero-order valence-electron chi connectivity index (χ0n) is 14.0. The van der Waals surface area contributed by atoms with Gasteiger partial charge in [-0.25, -0.2) is 13.4 Å². The number of rotatable bonds is 7. The van der Waals surface area contributed by atoms with Crippen LogP contribution in [0.4, 0.5) is 5.82 Å². The third-order valence-corrected chi connectivity index (χ3v) is 6.41. The summed E-state index contributed by atoms with van der Waals surface area (Å²) in [4.78, 5) is 16.7. The third-order valence-electron chi connectivity index (χ3n) is 3.44. The molecule has 0 radical (unpaired) electrons. The molecule has 5 nitrogen and oxygen atoms in total. The second-order valence-electron chi connectivity index (χ2n) is 5.18. The van der Waals surface area contributed by atoms with Crippen LogP contribution in [0, 0.1) is 0 Å². The van der Waals surface area contributed by atoms with Crippen LogP contribution in [0.25, 0.3) is 0 Å². The van der Waals surface area contributed by atoms with Gasteiger partial charge >= 0.3 is 0 Å². The fourth-order valence-corrected chi connectivity index (χ4v) is 4.01. The Morgan fingerprint density at radius 2 is 2.00 bits per heavy atom. The summed E-state index contributed by atoms with van der Waals surface area (Å²) in [7, 11) is -3.55. The molecule has 0 aliphatic heterocycles. The lowest BCUT2D eigenvalue weighted by Crippen LogP contribution is -2.18. The standard InChI is InChI=1S/C17H19ClN2O3S2/c1-3-24-11-12-7-8-19-16(9-12)20-17(21)14-10-13(18)5-6-15(14)25(22,23)4-2/h5-10H,3-4,11H2,1-2H3,(H,19,20,21). The highest BCUT2D eigenvalue weighted by Crippen LogP contribution is 2.23. The Morgan fingerprint density at radius 3 is 2.68 bits per heavy atom. The highest BCUT2D eigenvalue weighted by Gasteiger charge is 2.22. The number of carbonyl (C=O) groups excluding carboxylic acids is 1. The minimum absolute atomic E-state index is 0.0180. The van der Waals surface area contributed by atoms with Crippen molar-refractivity contribution in [1.82, 2.24) is 4.98 Å². The summed E-state index contributed by atoms with van der Waals surface area (Å²) in [6.45, 7) is 3.60. The monoisotopic (exact) mass is 398 g/mol. The number of amides is 1. The summed E-state index contributed by atoms with van der Waals surface area (Å²) < 4.78 is 24.4. The molecule has 0 aliphatic carbocycles. The number of carbonyl (C=O) groups is 1. The zero-order valence-corrected chi connectivity index (χ0v) is 16.3. The van der Waals surface area contributed by atoms with E-state index in [2.05, 4.69) is 17.2 Å². The van der Waals surface area contributed by atoms with Gasteiger partial charge in [0.25, 0.3) is 5.91 Å². The first-order chi connectivity index (χ1) is 11.9. The van der Waals surface area contributed by atoms with Crippen molar-refractivity contribution in [2.45, 2.75) is 24.5 Å². The summed E-state index contributed by atoms with van der Waals surface area (Å²) in [6, 6.07) is 7.83. The molecule has 0 saturated carbocycles. The van der Waals surface area contributed by atoms with Crippen LogP contribution in [0.15, 0.2) is 41.4 Å². The third kappa shape index (κ3) is 5.20. The second kappa shape index (κ2) is 8.69.